The Morgan fingerprint density at radius 2 is 1.95 bits per heavy atom. The molecule has 2 atom stereocenters. The number of anilines is 1. The van der Waals surface area contributed by atoms with E-state index in [9.17, 15) is 0 Å². The number of para-hydroxylation sites is 2. The molecule has 0 radical (unpaired) electrons. The highest BCUT2D eigenvalue weighted by Gasteiger charge is 2.49. The Kier molecular flexibility index (Phi) is 4.35. The molecule has 0 spiro atoms. The Morgan fingerprint density at radius 3 is 2.58 bits per heavy atom. The highest BCUT2D eigenvalue weighted by molar-refractivity contribution is 5.57. The molecule has 1 aromatic carbocycles. The fourth-order valence-corrected chi connectivity index (χ4v) is 2.67. The molecule has 2 rings (SSSR count). The van der Waals surface area contributed by atoms with E-state index in [-0.39, 0.29) is 5.41 Å². The average Bonchev–Trinajstić information content (AvgIpc) is 2.40. The van der Waals surface area contributed by atoms with Gasteiger partial charge in [0.05, 0.1) is 18.4 Å². The molecule has 0 saturated heterocycles. The van der Waals surface area contributed by atoms with E-state index in [0.717, 1.165) is 24.5 Å². The van der Waals surface area contributed by atoms with Crippen LogP contribution in [0.15, 0.2) is 24.3 Å². The van der Waals surface area contributed by atoms with Gasteiger partial charge in [-0.05, 0) is 32.4 Å². The summed E-state index contributed by atoms with van der Waals surface area (Å²) in [5.41, 5.74) is 1.24. The minimum absolute atomic E-state index is 0.162. The Bertz CT molecular complexity index is 417. The van der Waals surface area contributed by atoms with Crippen LogP contribution in [0.25, 0.3) is 0 Å². The van der Waals surface area contributed by atoms with Crippen LogP contribution < -0.4 is 10.1 Å². The Labute approximate surface area is 116 Å². The summed E-state index contributed by atoms with van der Waals surface area (Å²) in [5, 5.41) is 3.61. The number of benzene rings is 1. The molecule has 0 aromatic heterocycles. The zero-order valence-corrected chi connectivity index (χ0v) is 12.4. The van der Waals surface area contributed by atoms with E-state index in [0.29, 0.717) is 18.8 Å². The van der Waals surface area contributed by atoms with Crippen molar-refractivity contribution in [3.8, 4) is 5.75 Å². The quantitative estimate of drug-likeness (QED) is 0.849. The third-order valence-electron chi connectivity index (χ3n) is 4.06. The van der Waals surface area contributed by atoms with E-state index in [4.69, 9.17) is 9.47 Å². The molecule has 3 heteroatoms. The first-order valence-corrected chi connectivity index (χ1v) is 7.19. The largest absolute Gasteiger partial charge is 0.492 e. The molecule has 2 unspecified atom stereocenters. The standard InChI is InChI=1S/C16H25NO2/c1-5-18-13-10-8-7-9-12(13)17-14-11-15(19-6-2)16(14,3)4/h7-10,14-15,17H,5-6,11H2,1-4H3. The van der Waals surface area contributed by atoms with Gasteiger partial charge in [0.25, 0.3) is 0 Å². The Balaban J connectivity index is 2.03. The lowest BCUT2D eigenvalue weighted by Crippen LogP contribution is -2.58. The molecule has 106 valence electrons. The first-order valence-electron chi connectivity index (χ1n) is 7.19. The highest BCUT2D eigenvalue weighted by atomic mass is 16.5. The van der Waals surface area contributed by atoms with Gasteiger partial charge in [-0.1, -0.05) is 26.0 Å². The fraction of sp³-hybridized carbons (Fsp3) is 0.625. The number of rotatable bonds is 6. The lowest BCUT2D eigenvalue weighted by atomic mass is 9.64. The van der Waals surface area contributed by atoms with Crippen molar-refractivity contribution in [1.82, 2.24) is 0 Å². The zero-order chi connectivity index (χ0) is 13.9. The molecule has 1 aliphatic carbocycles. The van der Waals surface area contributed by atoms with Gasteiger partial charge in [-0.15, -0.1) is 0 Å². The third-order valence-corrected chi connectivity index (χ3v) is 4.06. The molecule has 0 bridgehead atoms. The van der Waals surface area contributed by atoms with Gasteiger partial charge in [-0.2, -0.15) is 0 Å². The summed E-state index contributed by atoms with van der Waals surface area (Å²) in [6.07, 6.45) is 1.41. The average molecular weight is 263 g/mol. The number of hydrogen-bond donors (Lipinski definition) is 1. The van der Waals surface area contributed by atoms with Crippen LogP contribution in [0.1, 0.15) is 34.1 Å². The second-order valence-corrected chi connectivity index (χ2v) is 5.63. The van der Waals surface area contributed by atoms with E-state index in [1.54, 1.807) is 0 Å². The summed E-state index contributed by atoms with van der Waals surface area (Å²) in [7, 11) is 0. The highest BCUT2D eigenvalue weighted by Crippen LogP contribution is 2.45. The minimum atomic E-state index is 0.162. The second-order valence-electron chi connectivity index (χ2n) is 5.63. The maximum absolute atomic E-state index is 5.77. The van der Waals surface area contributed by atoms with E-state index < -0.39 is 0 Å². The zero-order valence-electron chi connectivity index (χ0n) is 12.4. The molecule has 1 aliphatic rings. The predicted octanol–water partition coefficient (Wildman–Crippen LogP) is 3.70. The maximum Gasteiger partial charge on any atom is 0.142 e. The van der Waals surface area contributed by atoms with Crippen LogP contribution in [0.2, 0.25) is 0 Å². The predicted molar refractivity (Wildman–Crippen MR) is 78.8 cm³/mol. The molecule has 19 heavy (non-hydrogen) atoms. The van der Waals surface area contributed by atoms with E-state index >= 15 is 0 Å². The first kappa shape index (κ1) is 14.2. The number of hydrogen-bond acceptors (Lipinski definition) is 3. The molecule has 1 saturated carbocycles. The minimum Gasteiger partial charge on any atom is -0.492 e. The molecule has 0 aliphatic heterocycles. The van der Waals surface area contributed by atoms with Gasteiger partial charge >= 0.3 is 0 Å². The van der Waals surface area contributed by atoms with Crippen LogP contribution in [0, 0.1) is 5.41 Å². The first-order chi connectivity index (χ1) is 9.09. The van der Waals surface area contributed by atoms with Crippen LogP contribution in [0.5, 0.6) is 5.75 Å². The van der Waals surface area contributed by atoms with Gasteiger partial charge in [-0.3, -0.25) is 0 Å². The number of nitrogens with one attached hydrogen (secondary N) is 1. The monoisotopic (exact) mass is 263 g/mol. The van der Waals surface area contributed by atoms with Crippen LogP contribution in [-0.4, -0.2) is 25.4 Å². The van der Waals surface area contributed by atoms with Crippen LogP contribution in [0.4, 0.5) is 5.69 Å². The van der Waals surface area contributed by atoms with Crippen LogP contribution >= 0.6 is 0 Å². The van der Waals surface area contributed by atoms with Crippen molar-refractivity contribution >= 4 is 5.69 Å². The van der Waals surface area contributed by atoms with Crippen molar-refractivity contribution in [2.75, 3.05) is 18.5 Å². The molecule has 1 aromatic rings. The second kappa shape index (κ2) is 5.83. The van der Waals surface area contributed by atoms with Gasteiger partial charge in [0, 0.05) is 18.1 Å². The molecule has 1 fully saturated rings. The van der Waals surface area contributed by atoms with Crippen molar-refractivity contribution < 1.29 is 9.47 Å². The lowest BCUT2D eigenvalue weighted by Gasteiger charge is -2.52. The molecular formula is C16H25NO2. The SMILES string of the molecule is CCOc1ccccc1NC1CC(OCC)C1(C)C. The van der Waals surface area contributed by atoms with E-state index in [2.05, 4.69) is 32.2 Å². The molecular weight excluding hydrogens is 238 g/mol. The smallest absolute Gasteiger partial charge is 0.142 e. The van der Waals surface area contributed by atoms with Crippen LogP contribution in [0.3, 0.4) is 0 Å². The van der Waals surface area contributed by atoms with Crippen LogP contribution in [-0.2, 0) is 4.74 Å². The summed E-state index contributed by atoms with van der Waals surface area (Å²) in [6.45, 7) is 10.1. The maximum atomic E-state index is 5.77. The lowest BCUT2D eigenvalue weighted by molar-refractivity contribution is -0.0976. The number of ether oxygens (including phenoxy) is 2. The Hall–Kier alpha value is -1.22. The normalized spacial score (nSPS) is 24.6. The van der Waals surface area contributed by atoms with Crippen molar-refractivity contribution in [2.24, 2.45) is 5.41 Å². The summed E-state index contributed by atoms with van der Waals surface area (Å²) < 4.78 is 11.4. The fourth-order valence-electron chi connectivity index (χ4n) is 2.67. The van der Waals surface area contributed by atoms with E-state index in [1.807, 2.05) is 25.1 Å². The topological polar surface area (TPSA) is 30.5 Å². The van der Waals surface area contributed by atoms with Gasteiger partial charge in [0.2, 0.25) is 0 Å². The molecule has 3 nitrogen and oxygen atoms in total. The molecule has 0 amide bonds. The summed E-state index contributed by atoms with van der Waals surface area (Å²) in [5.74, 6) is 0.931. The molecule has 0 heterocycles. The third kappa shape index (κ3) is 2.86. The van der Waals surface area contributed by atoms with Gasteiger partial charge < -0.3 is 14.8 Å². The van der Waals surface area contributed by atoms with Crippen molar-refractivity contribution in [1.29, 1.82) is 0 Å². The van der Waals surface area contributed by atoms with Gasteiger partial charge in [-0.25, -0.2) is 0 Å². The Morgan fingerprint density at radius 1 is 1.21 bits per heavy atom. The van der Waals surface area contributed by atoms with Crippen molar-refractivity contribution in [2.45, 2.75) is 46.3 Å². The van der Waals surface area contributed by atoms with E-state index in [1.165, 1.54) is 0 Å². The van der Waals surface area contributed by atoms with Gasteiger partial charge in [0.15, 0.2) is 0 Å². The van der Waals surface area contributed by atoms with Crippen molar-refractivity contribution in [3.63, 3.8) is 0 Å². The van der Waals surface area contributed by atoms with Gasteiger partial charge in [0.1, 0.15) is 5.75 Å². The summed E-state index contributed by atoms with van der Waals surface area (Å²) in [6, 6.07) is 8.57. The van der Waals surface area contributed by atoms with Crippen molar-refractivity contribution in [3.05, 3.63) is 24.3 Å². The summed E-state index contributed by atoms with van der Waals surface area (Å²) >= 11 is 0. The molecule has 1 N–H and O–H groups in total. The summed E-state index contributed by atoms with van der Waals surface area (Å²) in [4.78, 5) is 0.